The molecule has 3 nitrogen and oxygen atoms in total. The Morgan fingerprint density at radius 2 is 2.05 bits per heavy atom. The summed E-state index contributed by atoms with van der Waals surface area (Å²) in [6, 6.07) is 13.7. The molecule has 0 saturated heterocycles. The van der Waals surface area contributed by atoms with E-state index in [-0.39, 0.29) is 0 Å². The second-order valence-electron chi connectivity index (χ2n) is 4.16. The Morgan fingerprint density at radius 1 is 1.32 bits per heavy atom. The lowest BCUT2D eigenvalue weighted by Gasteiger charge is -2.06. The summed E-state index contributed by atoms with van der Waals surface area (Å²) in [5.41, 5.74) is 2.33. The highest BCUT2D eigenvalue weighted by Gasteiger charge is 2.04. The van der Waals surface area contributed by atoms with Gasteiger partial charge in [-0.25, -0.2) is 4.98 Å². The fourth-order valence-electron chi connectivity index (χ4n) is 1.66. The van der Waals surface area contributed by atoms with Gasteiger partial charge in [-0.1, -0.05) is 18.2 Å². The highest BCUT2D eigenvalue weighted by Crippen LogP contribution is 2.25. The normalized spacial score (nSPS) is 11.8. The van der Waals surface area contributed by atoms with E-state index in [4.69, 9.17) is 5.26 Å². The van der Waals surface area contributed by atoms with Crippen molar-refractivity contribution in [3.63, 3.8) is 0 Å². The van der Waals surface area contributed by atoms with Crippen LogP contribution in [0.4, 0.5) is 0 Å². The van der Waals surface area contributed by atoms with Crippen LogP contribution in [0.25, 0.3) is 0 Å². The van der Waals surface area contributed by atoms with E-state index < -0.39 is 6.10 Å². The number of rotatable bonds is 4. The van der Waals surface area contributed by atoms with Crippen molar-refractivity contribution in [2.45, 2.75) is 23.7 Å². The number of thioether (sulfide) groups is 1. The van der Waals surface area contributed by atoms with Gasteiger partial charge >= 0.3 is 0 Å². The number of aliphatic hydroxyl groups is 1. The van der Waals surface area contributed by atoms with Gasteiger partial charge in [0, 0.05) is 16.8 Å². The van der Waals surface area contributed by atoms with Crippen LogP contribution in [0.5, 0.6) is 0 Å². The molecule has 1 aromatic heterocycles. The topological polar surface area (TPSA) is 56.9 Å². The summed E-state index contributed by atoms with van der Waals surface area (Å²) in [5, 5.41) is 18.4. The third-order valence-corrected chi connectivity index (χ3v) is 3.81. The Morgan fingerprint density at radius 3 is 2.68 bits per heavy atom. The molecule has 1 atom stereocenters. The van der Waals surface area contributed by atoms with Gasteiger partial charge in [-0.15, -0.1) is 11.8 Å². The average Bonchev–Trinajstić information content (AvgIpc) is 2.45. The molecule has 0 saturated carbocycles. The SMILES string of the molecule is CC(O)c1ccc(SCc2cccnc2C#N)cc1. The van der Waals surface area contributed by atoms with E-state index in [1.54, 1.807) is 24.9 Å². The van der Waals surface area contributed by atoms with Gasteiger partial charge in [0.15, 0.2) is 0 Å². The van der Waals surface area contributed by atoms with Crippen LogP contribution in [0, 0.1) is 11.3 Å². The predicted octanol–water partition coefficient (Wildman–Crippen LogP) is 3.30. The zero-order valence-electron chi connectivity index (χ0n) is 10.6. The minimum atomic E-state index is -0.442. The van der Waals surface area contributed by atoms with Crippen molar-refractivity contribution in [1.29, 1.82) is 5.26 Å². The zero-order chi connectivity index (χ0) is 13.7. The Balaban J connectivity index is 2.04. The molecule has 0 aliphatic carbocycles. The maximum Gasteiger partial charge on any atom is 0.144 e. The summed E-state index contributed by atoms with van der Waals surface area (Å²) in [6.45, 7) is 1.75. The van der Waals surface area contributed by atoms with Gasteiger partial charge < -0.3 is 5.11 Å². The van der Waals surface area contributed by atoms with Gasteiger partial charge in [-0.2, -0.15) is 5.26 Å². The quantitative estimate of drug-likeness (QED) is 0.866. The molecular formula is C15H14N2OS. The number of nitrogens with zero attached hydrogens (tertiary/aromatic N) is 2. The summed E-state index contributed by atoms with van der Waals surface area (Å²) >= 11 is 1.65. The molecule has 1 unspecified atom stereocenters. The van der Waals surface area contributed by atoms with Crippen molar-refractivity contribution in [2.24, 2.45) is 0 Å². The molecule has 0 amide bonds. The Bertz CT molecular complexity index is 588. The Kier molecular flexibility index (Phi) is 4.56. The van der Waals surface area contributed by atoms with Crippen molar-refractivity contribution in [1.82, 2.24) is 4.98 Å². The maximum absolute atomic E-state index is 9.44. The first-order valence-electron chi connectivity index (χ1n) is 5.95. The molecule has 0 bridgehead atoms. The van der Waals surface area contributed by atoms with Crippen molar-refractivity contribution in [3.8, 4) is 6.07 Å². The first-order valence-corrected chi connectivity index (χ1v) is 6.94. The van der Waals surface area contributed by atoms with Crippen molar-refractivity contribution in [2.75, 3.05) is 0 Å². The van der Waals surface area contributed by atoms with Crippen LogP contribution in [0.2, 0.25) is 0 Å². The zero-order valence-corrected chi connectivity index (χ0v) is 11.4. The molecule has 19 heavy (non-hydrogen) atoms. The minimum absolute atomic E-state index is 0.442. The molecule has 0 spiro atoms. The molecule has 0 radical (unpaired) electrons. The monoisotopic (exact) mass is 270 g/mol. The first kappa shape index (κ1) is 13.6. The highest BCUT2D eigenvalue weighted by molar-refractivity contribution is 7.98. The van der Waals surface area contributed by atoms with Gasteiger partial charge in [-0.3, -0.25) is 0 Å². The van der Waals surface area contributed by atoms with E-state index in [1.165, 1.54) is 0 Å². The summed E-state index contributed by atoms with van der Waals surface area (Å²) in [6.07, 6.45) is 1.19. The lowest BCUT2D eigenvalue weighted by Crippen LogP contribution is -1.91. The van der Waals surface area contributed by atoms with E-state index in [0.717, 1.165) is 16.0 Å². The number of nitriles is 1. The van der Waals surface area contributed by atoms with E-state index in [9.17, 15) is 5.11 Å². The van der Waals surface area contributed by atoms with Gasteiger partial charge in [0.1, 0.15) is 11.8 Å². The van der Waals surface area contributed by atoms with Crippen LogP contribution < -0.4 is 0 Å². The van der Waals surface area contributed by atoms with Crippen LogP contribution >= 0.6 is 11.8 Å². The Labute approximate surface area is 116 Å². The van der Waals surface area contributed by atoms with Crippen LogP contribution in [0.15, 0.2) is 47.5 Å². The number of aromatic nitrogens is 1. The number of aliphatic hydroxyl groups excluding tert-OH is 1. The van der Waals surface area contributed by atoms with Gasteiger partial charge in [-0.05, 0) is 36.2 Å². The predicted molar refractivity (Wildman–Crippen MR) is 75.6 cm³/mol. The van der Waals surface area contributed by atoms with E-state index in [1.807, 2.05) is 36.4 Å². The Hall–Kier alpha value is -1.83. The number of hydrogen-bond acceptors (Lipinski definition) is 4. The first-order chi connectivity index (χ1) is 9.20. The van der Waals surface area contributed by atoms with Crippen molar-refractivity contribution < 1.29 is 5.11 Å². The third-order valence-electron chi connectivity index (χ3n) is 2.75. The molecule has 0 fully saturated rings. The molecule has 1 heterocycles. The number of pyridine rings is 1. The van der Waals surface area contributed by atoms with Crippen LogP contribution in [-0.4, -0.2) is 10.1 Å². The molecule has 4 heteroatoms. The highest BCUT2D eigenvalue weighted by atomic mass is 32.2. The molecular weight excluding hydrogens is 256 g/mol. The lowest BCUT2D eigenvalue weighted by molar-refractivity contribution is 0.199. The second-order valence-corrected chi connectivity index (χ2v) is 5.21. The van der Waals surface area contributed by atoms with Gasteiger partial charge in [0.25, 0.3) is 0 Å². The van der Waals surface area contributed by atoms with Crippen LogP contribution in [0.1, 0.15) is 29.8 Å². The average molecular weight is 270 g/mol. The van der Waals surface area contributed by atoms with Crippen LogP contribution in [-0.2, 0) is 5.75 Å². The minimum Gasteiger partial charge on any atom is -0.389 e. The lowest BCUT2D eigenvalue weighted by atomic mass is 10.1. The van der Waals surface area contributed by atoms with Gasteiger partial charge in [0.2, 0.25) is 0 Å². The molecule has 0 aliphatic rings. The fraction of sp³-hybridized carbons (Fsp3) is 0.200. The smallest absolute Gasteiger partial charge is 0.144 e. The van der Waals surface area contributed by atoms with E-state index in [2.05, 4.69) is 11.1 Å². The fourth-order valence-corrected chi connectivity index (χ4v) is 2.54. The van der Waals surface area contributed by atoms with E-state index in [0.29, 0.717) is 11.4 Å². The van der Waals surface area contributed by atoms with E-state index >= 15 is 0 Å². The summed E-state index contributed by atoms with van der Waals surface area (Å²) in [7, 11) is 0. The molecule has 1 N–H and O–H groups in total. The summed E-state index contributed by atoms with van der Waals surface area (Å²) in [4.78, 5) is 5.15. The molecule has 96 valence electrons. The molecule has 0 aliphatic heterocycles. The summed E-state index contributed by atoms with van der Waals surface area (Å²) in [5.74, 6) is 0.713. The standard InChI is InChI=1S/C15H14N2OS/c1-11(18)12-4-6-14(7-5-12)19-10-13-3-2-8-17-15(13)9-16/h2-8,11,18H,10H2,1H3. The molecule has 2 aromatic rings. The summed E-state index contributed by atoms with van der Waals surface area (Å²) < 4.78 is 0. The number of hydrogen-bond donors (Lipinski definition) is 1. The van der Waals surface area contributed by atoms with Crippen molar-refractivity contribution >= 4 is 11.8 Å². The molecule has 1 aromatic carbocycles. The third kappa shape index (κ3) is 3.57. The maximum atomic E-state index is 9.44. The second kappa shape index (κ2) is 6.37. The van der Waals surface area contributed by atoms with Crippen LogP contribution in [0.3, 0.4) is 0 Å². The van der Waals surface area contributed by atoms with Gasteiger partial charge in [0.05, 0.1) is 6.10 Å². The van der Waals surface area contributed by atoms with Crippen molar-refractivity contribution in [3.05, 3.63) is 59.4 Å². The molecule has 2 rings (SSSR count). The largest absolute Gasteiger partial charge is 0.389 e. The number of benzene rings is 1.